The predicted octanol–water partition coefficient (Wildman–Crippen LogP) is 2.49. The third-order valence-corrected chi connectivity index (χ3v) is 2.99. The largest absolute Gasteiger partial charge is 0.364 e. The summed E-state index contributed by atoms with van der Waals surface area (Å²) in [6, 6.07) is 11.5. The van der Waals surface area contributed by atoms with E-state index in [0.29, 0.717) is 13.1 Å². The van der Waals surface area contributed by atoms with Crippen LogP contribution in [0.5, 0.6) is 0 Å². The molecule has 0 fully saturated rings. The summed E-state index contributed by atoms with van der Waals surface area (Å²) in [5, 5.41) is 6.40. The maximum absolute atomic E-state index is 4.39. The van der Waals surface area contributed by atoms with Gasteiger partial charge in [-0.1, -0.05) is 12.1 Å². The van der Waals surface area contributed by atoms with Gasteiger partial charge in [0.25, 0.3) is 0 Å². The molecule has 0 aliphatic rings. The lowest BCUT2D eigenvalue weighted by molar-refractivity contribution is 0.938. The van der Waals surface area contributed by atoms with Crippen molar-refractivity contribution in [1.82, 2.24) is 19.9 Å². The number of rotatable bonds is 6. The second kappa shape index (κ2) is 7.12. The van der Waals surface area contributed by atoms with Gasteiger partial charge in [0.2, 0.25) is 0 Å². The van der Waals surface area contributed by atoms with Crippen LogP contribution < -0.4 is 10.6 Å². The number of hydrogen-bond acceptors (Lipinski definition) is 6. The zero-order chi connectivity index (χ0) is 15.0. The standard InChI is InChI=1S/C16H16N6/c1-3-7-17-15(5-1)21-11-13-9-20-14(10-19-13)12-22-16-6-2-4-8-18-16/h1-10H,11-12H2,(H,17,21)(H,18,22). The third-order valence-electron chi connectivity index (χ3n) is 2.99. The van der Waals surface area contributed by atoms with E-state index >= 15 is 0 Å². The molecule has 0 spiro atoms. The molecule has 0 radical (unpaired) electrons. The summed E-state index contributed by atoms with van der Waals surface area (Å²) in [4.78, 5) is 17.2. The highest BCUT2D eigenvalue weighted by Gasteiger charge is 1.99. The van der Waals surface area contributed by atoms with Crippen molar-refractivity contribution in [2.45, 2.75) is 13.1 Å². The first-order valence-corrected chi connectivity index (χ1v) is 7.00. The fourth-order valence-electron chi connectivity index (χ4n) is 1.86. The van der Waals surface area contributed by atoms with Crippen molar-refractivity contribution < 1.29 is 0 Å². The normalized spacial score (nSPS) is 10.2. The van der Waals surface area contributed by atoms with Crippen molar-refractivity contribution in [1.29, 1.82) is 0 Å². The highest BCUT2D eigenvalue weighted by atomic mass is 15.0. The molecule has 0 bridgehead atoms. The first kappa shape index (κ1) is 13.9. The van der Waals surface area contributed by atoms with E-state index in [4.69, 9.17) is 0 Å². The lowest BCUT2D eigenvalue weighted by Crippen LogP contribution is -2.07. The Bertz CT molecular complexity index is 622. The van der Waals surface area contributed by atoms with Crippen LogP contribution >= 0.6 is 0 Å². The first-order valence-electron chi connectivity index (χ1n) is 7.00. The van der Waals surface area contributed by atoms with Gasteiger partial charge in [0.05, 0.1) is 36.9 Å². The van der Waals surface area contributed by atoms with Gasteiger partial charge >= 0.3 is 0 Å². The molecular formula is C16H16N6. The fraction of sp³-hybridized carbons (Fsp3) is 0.125. The van der Waals surface area contributed by atoms with E-state index in [9.17, 15) is 0 Å². The summed E-state index contributed by atoms with van der Waals surface area (Å²) in [6.07, 6.45) is 7.04. The summed E-state index contributed by atoms with van der Waals surface area (Å²) < 4.78 is 0. The van der Waals surface area contributed by atoms with Crippen molar-refractivity contribution in [3.63, 3.8) is 0 Å². The van der Waals surface area contributed by atoms with Crippen LogP contribution in [0.3, 0.4) is 0 Å². The van der Waals surface area contributed by atoms with Crippen molar-refractivity contribution in [3.8, 4) is 0 Å². The van der Waals surface area contributed by atoms with E-state index in [2.05, 4.69) is 30.6 Å². The summed E-state index contributed by atoms with van der Waals surface area (Å²) in [5.74, 6) is 1.65. The molecule has 0 amide bonds. The van der Waals surface area contributed by atoms with E-state index in [1.807, 2.05) is 36.4 Å². The van der Waals surface area contributed by atoms with Gasteiger partial charge in [-0.2, -0.15) is 0 Å². The molecule has 3 aromatic heterocycles. The molecule has 0 unspecified atom stereocenters. The van der Waals surface area contributed by atoms with Gasteiger partial charge in [-0.05, 0) is 24.3 Å². The zero-order valence-corrected chi connectivity index (χ0v) is 12.0. The molecule has 6 heteroatoms. The predicted molar refractivity (Wildman–Crippen MR) is 85.2 cm³/mol. The molecule has 3 heterocycles. The van der Waals surface area contributed by atoms with Gasteiger partial charge < -0.3 is 10.6 Å². The lowest BCUT2D eigenvalue weighted by Gasteiger charge is -2.06. The average molecular weight is 292 g/mol. The van der Waals surface area contributed by atoms with Crippen molar-refractivity contribution in [2.24, 2.45) is 0 Å². The highest BCUT2D eigenvalue weighted by Crippen LogP contribution is 2.05. The van der Waals surface area contributed by atoms with Gasteiger partial charge in [0.15, 0.2) is 0 Å². The summed E-state index contributed by atoms with van der Waals surface area (Å²) in [7, 11) is 0. The molecular weight excluding hydrogens is 276 g/mol. The number of pyridine rings is 2. The maximum atomic E-state index is 4.39. The van der Waals surface area contributed by atoms with Crippen LogP contribution in [0.1, 0.15) is 11.4 Å². The van der Waals surface area contributed by atoms with Gasteiger partial charge in [-0.15, -0.1) is 0 Å². The topological polar surface area (TPSA) is 75.6 Å². The molecule has 0 aromatic carbocycles. The molecule has 0 saturated heterocycles. The SMILES string of the molecule is c1ccc(NCc2cnc(CNc3ccccn3)cn2)nc1. The summed E-state index contributed by atoms with van der Waals surface area (Å²) in [5.41, 5.74) is 1.74. The Morgan fingerprint density at radius 3 is 1.50 bits per heavy atom. The second-order valence-corrected chi connectivity index (χ2v) is 4.64. The van der Waals surface area contributed by atoms with E-state index in [-0.39, 0.29) is 0 Å². The third kappa shape index (κ3) is 3.99. The summed E-state index contributed by atoms with van der Waals surface area (Å²) >= 11 is 0. The molecule has 110 valence electrons. The molecule has 0 saturated carbocycles. The van der Waals surface area contributed by atoms with Gasteiger partial charge in [-0.25, -0.2) is 9.97 Å². The minimum absolute atomic E-state index is 0.595. The van der Waals surface area contributed by atoms with Crippen LogP contribution in [0.2, 0.25) is 0 Å². The van der Waals surface area contributed by atoms with E-state index in [1.54, 1.807) is 24.8 Å². The second-order valence-electron chi connectivity index (χ2n) is 4.64. The average Bonchev–Trinajstić information content (AvgIpc) is 2.61. The Morgan fingerprint density at radius 1 is 0.636 bits per heavy atom. The van der Waals surface area contributed by atoms with Gasteiger partial charge in [0.1, 0.15) is 11.6 Å². The van der Waals surface area contributed by atoms with Crippen molar-refractivity contribution in [3.05, 3.63) is 72.6 Å². The number of aromatic nitrogens is 4. The maximum Gasteiger partial charge on any atom is 0.126 e. The molecule has 6 nitrogen and oxygen atoms in total. The van der Waals surface area contributed by atoms with Gasteiger partial charge in [0, 0.05) is 12.4 Å². The molecule has 0 aliphatic carbocycles. The van der Waals surface area contributed by atoms with E-state index < -0.39 is 0 Å². The highest BCUT2D eigenvalue weighted by molar-refractivity contribution is 5.34. The minimum Gasteiger partial charge on any atom is -0.364 e. The Labute approximate surface area is 128 Å². The number of hydrogen-bond donors (Lipinski definition) is 2. The monoisotopic (exact) mass is 292 g/mol. The Kier molecular flexibility index (Phi) is 4.51. The minimum atomic E-state index is 0.595. The Morgan fingerprint density at radius 2 is 1.14 bits per heavy atom. The van der Waals surface area contributed by atoms with Gasteiger partial charge in [-0.3, -0.25) is 9.97 Å². The Hall–Kier alpha value is -3.02. The molecule has 0 atom stereocenters. The first-order chi connectivity index (χ1) is 10.9. The quantitative estimate of drug-likeness (QED) is 0.727. The van der Waals surface area contributed by atoms with Crippen molar-refractivity contribution in [2.75, 3.05) is 10.6 Å². The fourth-order valence-corrected chi connectivity index (χ4v) is 1.86. The number of anilines is 2. The van der Waals surface area contributed by atoms with Crippen LogP contribution in [-0.4, -0.2) is 19.9 Å². The van der Waals surface area contributed by atoms with E-state index in [0.717, 1.165) is 23.0 Å². The van der Waals surface area contributed by atoms with Crippen LogP contribution in [0.4, 0.5) is 11.6 Å². The molecule has 22 heavy (non-hydrogen) atoms. The molecule has 3 rings (SSSR count). The Balaban J connectivity index is 1.52. The molecule has 3 aromatic rings. The zero-order valence-electron chi connectivity index (χ0n) is 12.0. The lowest BCUT2D eigenvalue weighted by atomic mass is 10.3. The molecule has 2 N–H and O–H groups in total. The number of nitrogens with zero attached hydrogens (tertiary/aromatic N) is 4. The van der Waals surface area contributed by atoms with E-state index in [1.165, 1.54) is 0 Å². The smallest absolute Gasteiger partial charge is 0.126 e. The van der Waals surface area contributed by atoms with Crippen LogP contribution in [-0.2, 0) is 13.1 Å². The number of nitrogens with one attached hydrogen (secondary N) is 2. The van der Waals surface area contributed by atoms with Crippen molar-refractivity contribution >= 4 is 11.6 Å². The van der Waals surface area contributed by atoms with Crippen LogP contribution in [0.15, 0.2) is 61.2 Å². The summed E-state index contributed by atoms with van der Waals surface area (Å²) in [6.45, 7) is 1.19. The molecule has 0 aliphatic heterocycles. The van der Waals surface area contributed by atoms with Crippen LogP contribution in [0.25, 0.3) is 0 Å². The van der Waals surface area contributed by atoms with Crippen LogP contribution in [0, 0.1) is 0 Å².